The van der Waals surface area contributed by atoms with E-state index in [9.17, 15) is 9.90 Å². The van der Waals surface area contributed by atoms with Crippen LogP contribution in [0.4, 0.5) is 5.69 Å². The average molecular weight is 427 g/mol. The zero-order chi connectivity index (χ0) is 20.7. The molecular weight excluding hydrogens is 400 g/mol. The molecule has 2 aromatic carbocycles. The first-order valence-corrected chi connectivity index (χ1v) is 11.1. The standard InChI is InChI=1S/C24H27ClN2O3/c25-18-7-5-16(6-8-18)13-26-21-14-27(24(29)17-9-11-30-12-10-17)20-4-2-1-3-19(20)23(21)22(26)15-28/h1-8,17,21-23,28H,9-15H2/t21-,22+,23+/m1/s1. The van der Waals surface area contributed by atoms with Gasteiger partial charge in [-0.2, -0.15) is 0 Å². The minimum absolute atomic E-state index is 0.0294. The Morgan fingerprint density at radius 1 is 1.10 bits per heavy atom. The summed E-state index contributed by atoms with van der Waals surface area (Å²) in [7, 11) is 0. The molecule has 3 aliphatic rings. The van der Waals surface area contributed by atoms with Crippen molar-refractivity contribution in [3.8, 4) is 0 Å². The lowest BCUT2D eigenvalue weighted by atomic mass is 9.71. The van der Waals surface area contributed by atoms with Gasteiger partial charge in [0.05, 0.1) is 6.61 Å². The average Bonchev–Trinajstić information content (AvgIpc) is 2.79. The number of amides is 1. The quantitative estimate of drug-likeness (QED) is 0.813. The summed E-state index contributed by atoms with van der Waals surface area (Å²) in [4.78, 5) is 17.8. The summed E-state index contributed by atoms with van der Waals surface area (Å²) in [5, 5.41) is 10.9. The van der Waals surface area contributed by atoms with E-state index in [1.54, 1.807) is 0 Å². The van der Waals surface area contributed by atoms with Gasteiger partial charge >= 0.3 is 0 Å². The van der Waals surface area contributed by atoms with Gasteiger partial charge in [-0.25, -0.2) is 0 Å². The molecule has 3 atom stereocenters. The van der Waals surface area contributed by atoms with Crippen molar-refractivity contribution in [2.24, 2.45) is 5.92 Å². The van der Waals surface area contributed by atoms with E-state index in [4.69, 9.17) is 16.3 Å². The van der Waals surface area contributed by atoms with Crippen molar-refractivity contribution in [2.45, 2.75) is 37.4 Å². The van der Waals surface area contributed by atoms with Crippen LogP contribution in [0.2, 0.25) is 5.02 Å². The molecular formula is C24H27ClN2O3. The third-order valence-corrected chi connectivity index (χ3v) is 7.19. The number of para-hydroxylation sites is 1. The number of hydrogen-bond donors (Lipinski definition) is 1. The first kappa shape index (κ1) is 20.0. The fraction of sp³-hybridized carbons (Fsp3) is 0.458. The number of nitrogens with zero attached hydrogens (tertiary/aromatic N) is 2. The molecule has 0 saturated carbocycles. The number of carbonyl (C=O) groups excluding carboxylic acids is 1. The van der Waals surface area contributed by atoms with E-state index in [1.165, 1.54) is 5.56 Å². The van der Waals surface area contributed by atoms with Crippen molar-refractivity contribution in [1.29, 1.82) is 0 Å². The summed E-state index contributed by atoms with van der Waals surface area (Å²) < 4.78 is 5.46. The number of likely N-dealkylation sites (tertiary alicyclic amines) is 1. The molecule has 6 heteroatoms. The highest BCUT2D eigenvalue weighted by Gasteiger charge is 2.53. The summed E-state index contributed by atoms with van der Waals surface area (Å²) in [5.41, 5.74) is 3.36. The van der Waals surface area contributed by atoms with Crippen LogP contribution in [-0.2, 0) is 16.1 Å². The minimum Gasteiger partial charge on any atom is -0.395 e. The Kier molecular flexibility index (Phi) is 5.54. The Labute approximate surface area is 182 Å². The third-order valence-electron chi connectivity index (χ3n) is 6.94. The van der Waals surface area contributed by atoms with E-state index < -0.39 is 0 Å². The second-order valence-corrected chi connectivity index (χ2v) is 8.97. The van der Waals surface area contributed by atoms with Gasteiger partial charge in [0.2, 0.25) is 5.91 Å². The minimum atomic E-state index is 0.0294. The number of hydrogen-bond acceptors (Lipinski definition) is 4. The van der Waals surface area contributed by atoms with Crippen LogP contribution >= 0.6 is 11.6 Å². The van der Waals surface area contributed by atoms with Crippen LogP contribution in [0.15, 0.2) is 48.5 Å². The molecule has 30 heavy (non-hydrogen) atoms. The van der Waals surface area contributed by atoms with Gasteiger partial charge in [-0.3, -0.25) is 9.69 Å². The summed E-state index contributed by atoms with van der Waals surface area (Å²) in [5.74, 6) is 0.488. The normalized spacial score (nSPS) is 26.6. The van der Waals surface area contributed by atoms with Gasteiger partial charge in [-0.1, -0.05) is 41.9 Å². The number of fused-ring (bicyclic) bond motifs is 3. The lowest BCUT2D eigenvalue weighted by Gasteiger charge is -2.59. The van der Waals surface area contributed by atoms with Crippen LogP contribution in [0.3, 0.4) is 0 Å². The SMILES string of the molecule is O=C(C1CCOCC1)N1C[C@@H]2[C@H](c3ccccc31)[C@H](CO)N2Cc1ccc(Cl)cc1. The van der Waals surface area contributed by atoms with Crippen LogP contribution in [0, 0.1) is 5.92 Å². The highest BCUT2D eigenvalue weighted by molar-refractivity contribution is 6.30. The Bertz CT molecular complexity index is 913. The van der Waals surface area contributed by atoms with Gasteiger partial charge in [0.1, 0.15) is 0 Å². The van der Waals surface area contributed by atoms with Crippen molar-refractivity contribution in [2.75, 3.05) is 31.3 Å². The number of carbonyl (C=O) groups is 1. The molecule has 1 N–H and O–H groups in total. The zero-order valence-electron chi connectivity index (χ0n) is 16.9. The summed E-state index contributed by atoms with van der Waals surface area (Å²) >= 11 is 6.04. The lowest BCUT2D eigenvalue weighted by Crippen LogP contribution is -2.69. The monoisotopic (exact) mass is 426 g/mol. The van der Waals surface area contributed by atoms with Gasteiger partial charge in [-0.15, -0.1) is 0 Å². The molecule has 0 aromatic heterocycles. The Morgan fingerprint density at radius 2 is 1.83 bits per heavy atom. The van der Waals surface area contributed by atoms with E-state index in [0.717, 1.165) is 35.7 Å². The fourth-order valence-electron chi connectivity index (χ4n) is 5.37. The van der Waals surface area contributed by atoms with Crippen LogP contribution in [0.5, 0.6) is 0 Å². The predicted octanol–water partition coefficient (Wildman–Crippen LogP) is 3.44. The van der Waals surface area contributed by atoms with Gasteiger partial charge in [-0.05, 0) is 42.2 Å². The molecule has 158 valence electrons. The van der Waals surface area contributed by atoms with E-state index >= 15 is 0 Å². The van der Waals surface area contributed by atoms with Crippen LogP contribution in [0.25, 0.3) is 0 Å². The first-order chi connectivity index (χ1) is 14.7. The van der Waals surface area contributed by atoms with E-state index in [-0.39, 0.29) is 36.4 Å². The van der Waals surface area contributed by atoms with Crippen LogP contribution in [0.1, 0.15) is 29.9 Å². The van der Waals surface area contributed by atoms with Gasteiger partial charge in [0.25, 0.3) is 0 Å². The van der Waals surface area contributed by atoms with E-state index in [0.29, 0.717) is 19.8 Å². The first-order valence-electron chi connectivity index (χ1n) is 10.8. The Hall–Kier alpha value is -1.92. The number of halogens is 1. The number of anilines is 1. The van der Waals surface area contributed by atoms with Crippen molar-refractivity contribution in [3.05, 3.63) is 64.7 Å². The molecule has 3 heterocycles. The van der Waals surface area contributed by atoms with Crippen molar-refractivity contribution < 1.29 is 14.6 Å². The number of ether oxygens (including phenoxy) is 1. The number of aliphatic hydroxyl groups excluding tert-OH is 1. The highest BCUT2D eigenvalue weighted by Crippen LogP contribution is 2.49. The maximum absolute atomic E-state index is 13.4. The van der Waals surface area contributed by atoms with Crippen LogP contribution < -0.4 is 4.90 Å². The molecule has 2 fully saturated rings. The molecule has 3 aliphatic heterocycles. The molecule has 5 nitrogen and oxygen atoms in total. The Balaban J connectivity index is 1.44. The number of benzene rings is 2. The van der Waals surface area contributed by atoms with Crippen molar-refractivity contribution >= 4 is 23.2 Å². The van der Waals surface area contributed by atoms with Gasteiger partial charge < -0.3 is 14.7 Å². The lowest BCUT2D eigenvalue weighted by molar-refractivity contribution is -0.126. The van der Waals surface area contributed by atoms with Crippen LogP contribution in [-0.4, -0.2) is 54.4 Å². The largest absolute Gasteiger partial charge is 0.395 e. The third kappa shape index (κ3) is 3.44. The number of aliphatic hydroxyl groups is 1. The summed E-state index contributed by atoms with van der Waals surface area (Å²) in [6.45, 7) is 2.84. The van der Waals surface area contributed by atoms with Crippen molar-refractivity contribution in [1.82, 2.24) is 4.90 Å². The van der Waals surface area contributed by atoms with Crippen molar-refractivity contribution in [3.63, 3.8) is 0 Å². The molecule has 0 unspecified atom stereocenters. The second kappa shape index (κ2) is 8.31. The second-order valence-electron chi connectivity index (χ2n) is 8.54. The topological polar surface area (TPSA) is 53.0 Å². The zero-order valence-corrected chi connectivity index (χ0v) is 17.7. The molecule has 0 bridgehead atoms. The summed E-state index contributed by atoms with van der Waals surface area (Å²) in [6.07, 6.45) is 1.58. The highest BCUT2D eigenvalue weighted by atomic mass is 35.5. The molecule has 2 aromatic rings. The molecule has 0 radical (unpaired) electrons. The van der Waals surface area contributed by atoms with Gasteiger partial charge in [0, 0.05) is 60.9 Å². The van der Waals surface area contributed by atoms with E-state index in [1.807, 2.05) is 41.3 Å². The van der Waals surface area contributed by atoms with Gasteiger partial charge in [0.15, 0.2) is 0 Å². The maximum atomic E-state index is 13.4. The maximum Gasteiger partial charge on any atom is 0.230 e. The number of rotatable bonds is 4. The molecule has 1 amide bonds. The molecule has 2 saturated heterocycles. The summed E-state index contributed by atoms with van der Waals surface area (Å²) in [6, 6.07) is 16.4. The molecule has 0 spiro atoms. The van der Waals surface area contributed by atoms with E-state index in [2.05, 4.69) is 17.0 Å². The fourth-order valence-corrected chi connectivity index (χ4v) is 5.50. The smallest absolute Gasteiger partial charge is 0.230 e. The molecule has 0 aliphatic carbocycles. The Morgan fingerprint density at radius 3 is 2.57 bits per heavy atom. The molecule has 5 rings (SSSR count). The predicted molar refractivity (Wildman–Crippen MR) is 117 cm³/mol.